The van der Waals surface area contributed by atoms with Gasteiger partial charge in [0.25, 0.3) is 5.91 Å². The van der Waals surface area contributed by atoms with Gasteiger partial charge in [-0.25, -0.2) is 0 Å². The van der Waals surface area contributed by atoms with E-state index in [1.807, 2.05) is 29.3 Å². The molecule has 0 saturated carbocycles. The second kappa shape index (κ2) is 6.75. The smallest absolute Gasteiger partial charge is 0.256 e. The van der Waals surface area contributed by atoms with Crippen molar-refractivity contribution in [2.24, 2.45) is 11.8 Å². The molecule has 23 heavy (non-hydrogen) atoms. The standard InChI is InChI=1S/C19H26N2O2/c1-14(2)11-21-12-17(16-5-3-4-6-18(16)21)19(23)20-9-7-15(13-22)8-10-20/h3-6,12,14-15,22H,7-11,13H2,1-2H3. The van der Waals surface area contributed by atoms with Gasteiger partial charge in [0, 0.05) is 43.3 Å². The second-order valence-electron chi connectivity index (χ2n) is 7.02. The van der Waals surface area contributed by atoms with Gasteiger partial charge >= 0.3 is 0 Å². The number of hydrogen-bond acceptors (Lipinski definition) is 2. The van der Waals surface area contributed by atoms with Crippen LogP contribution in [-0.4, -0.2) is 40.2 Å². The molecule has 1 amide bonds. The molecule has 3 rings (SSSR count). The predicted molar refractivity (Wildman–Crippen MR) is 92.5 cm³/mol. The number of rotatable bonds is 4. The molecule has 1 aliphatic heterocycles. The van der Waals surface area contributed by atoms with E-state index in [2.05, 4.69) is 24.5 Å². The minimum atomic E-state index is 0.125. The lowest BCUT2D eigenvalue weighted by Gasteiger charge is -2.31. The van der Waals surface area contributed by atoms with Gasteiger partial charge < -0.3 is 14.6 Å². The second-order valence-corrected chi connectivity index (χ2v) is 7.02. The highest BCUT2D eigenvalue weighted by atomic mass is 16.3. The molecule has 1 N–H and O–H groups in total. The van der Waals surface area contributed by atoms with Crippen LogP contribution in [0.4, 0.5) is 0 Å². The Balaban J connectivity index is 1.89. The molecule has 124 valence electrons. The Hall–Kier alpha value is -1.81. The summed E-state index contributed by atoms with van der Waals surface area (Å²) >= 11 is 0. The SMILES string of the molecule is CC(C)Cn1cc(C(=O)N2CCC(CO)CC2)c2ccccc21. The highest BCUT2D eigenvalue weighted by Gasteiger charge is 2.25. The molecule has 2 heterocycles. The maximum atomic E-state index is 13.0. The lowest BCUT2D eigenvalue weighted by Crippen LogP contribution is -2.39. The number of aromatic nitrogens is 1. The van der Waals surface area contributed by atoms with Crippen molar-refractivity contribution < 1.29 is 9.90 Å². The molecule has 4 nitrogen and oxygen atoms in total. The Morgan fingerprint density at radius 2 is 1.96 bits per heavy atom. The van der Waals surface area contributed by atoms with Crippen LogP contribution in [0.5, 0.6) is 0 Å². The number of benzene rings is 1. The third-order valence-electron chi connectivity index (χ3n) is 4.74. The Bertz CT molecular complexity index is 682. The zero-order valence-corrected chi connectivity index (χ0v) is 14.0. The zero-order valence-electron chi connectivity index (χ0n) is 14.0. The average Bonchev–Trinajstić information content (AvgIpc) is 2.92. The minimum absolute atomic E-state index is 0.125. The molecule has 0 bridgehead atoms. The van der Waals surface area contributed by atoms with Crippen LogP contribution in [0.1, 0.15) is 37.0 Å². The van der Waals surface area contributed by atoms with Crippen molar-refractivity contribution in [3.05, 3.63) is 36.0 Å². The fourth-order valence-electron chi connectivity index (χ4n) is 3.45. The fourth-order valence-corrected chi connectivity index (χ4v) is 3.45. The lowest BCUT2D eigenvalue weighted by molar-refractivity contribution is 0.0652. The van der Waals surface area contributed by atoms with Gasteiger partial charge in [-0.1, -0.05) is 32.0 Å². The number of nitrogens with zero attached hydrogens (tertiary/aromatic N) is 2. The Kier molecular flexibility index (Phi) is 4.71. The highest BCUT2D eigenvalue weighted by molar-refractivity contribution is 6.07. The van der Waals surface area contributed by atoms with Crippen LogP contribution in [0, 0.1) is 11.8 Å². The summed E-state index contributed by atoms with van der Waals surface area (Å²) in [5.74, 6) is 1.01. The molecule has 1 aromatic carbocycles. The summed E-state index contributed by atoms with van der Waals surface area (Å²) in [5, 5.41) is 10.3. The van der Waals surface area contributed by atoms with E-state index in [0.717, 1.165) is 48.9 Å². The number of hydrogen-bond donors (Lipinski definition) is 1. The molecular weight excluding hydrogens is 288 g/mol. The van der Waals surface area contributed by atoms with E-state index in [9.17, 15) is 9.90 Å². The summed E-state index contributed by atoms with van der Waals surface area (Å²) in [4.78, 5) is 14.9. The topological polar surface area (TPSA) is 45.5 Å². The molecule has 2 aromatic rings. The Morgan fingerprint density at radius 1 is 1.26 bits per heavy atom. The van der Waals surface area contributed by atoms with Crippen LogP contribution in [0.25, 0.3) is 10.9 Å². The maximum absolute atomic E-state index is 13.0. The minimum Gasteiger partial charge on any atom is -0.396 e. The van der Waals surface area contributed by atoms with E-state index in [1.54, 1.807) is 0 Å². The van der Waals surface area contributed by atoms with Crippen LogP contribution in [0.15, 0.2) is 30.5 Å². The number of para-hydroxylation sites is 1. The lowest BCUT2D eigenvalue weighted by atomic mass is 9.97. The first kappa shape index (κ1) is 16.1. The fraction of sp³-hybridized carbons (Fsp3) is 0.526. The van der Waals surface area contributed by atoms with Crippen LogP contribution in [0.3, 0.4) is 0 Å². The third-order valence-corrected chi connectivity index (χ3v) is 4.74. The van der Waals surface area contributed by atoms with Gasteiger partial charge in [0.2, 0.25) is 0 Å². The van der Waals surface area contributed by atoms with Crippen molar-refractivity contribution in [1.29, 1.82) is 0 Å². The van der Waals surface area contributed by atoms with Gasteiger partial charge in [0.1, 0.15) is 0 Å². The summed E-state index contributed by atoms with van der Waals surface area (Å²) < 4.78 is 2.20. The summed E-state index contributed by atoms with van der Waals surface area (Å²) in [5.41, 5.74) is 1.94. The molecule has 1 fully saturated rings. The number of likely N-dealkylation sites (tertiary alicyclic amines) is 1. The average molecular weight is 314 g/mol. The Labute approximate surface area is 137 Å². The van der Waals surface area contributed by atoms with Gasteiger partial charge in [-0.3, -0.25) is 4.79 Å². The molecule has 0 atom stereocenters. The first-order valence-electron chi connectivity index (χ1n) is 8.58. The van der Waals surface area contributed by atoms with Crippen molar-refractivity contribution in [2.45, 2.75) is 33.2 Å². The van der Waals surface area contributed by atoms with E-state index in [4.69, 9.17) is 0 Å². The van der Waals surface area contributed by atoms with Crippen molar-refractivity contribution in [2.75, 3.05) is 19.7 Å². The predicted octanol–water partition coefficient (Wildman–Crippen LogP) is 3.14. The van der Waals surface area contributed by atoms with Crippen LogP contribution < -0.4 is 0 Å². The largest absolute Gasteiger partial charge is 0.396 e. The van der Waals surface area contributed by atoms with Crippen molar-refractivity contribution in [3.8, 4) is 0 Å². The summed E-state index contributed by atoms with van der Waals surface area (Å²) in [6.45, 7) is 7.02. The van der Waals surface area contributed by atoms with E-state index < -0.39 is 0 Å². The molecule has 0 aliphatic carbocycles. The number of amides is 1. The summed E-state index contributed by atoms with van der Waals surface area (Å²) in [6.07, 6.45) is 3.81. The van der Waals surface area contributed by atoms with Crippen LogP contribution >= 0.6 is 0 Å². The molecule has 1 saturated heterocycles. The van der Waals surface area contributed by atoms with Gasteiger partial charge in [0.05, 0.1) is 5.56 Å². The van der Waals surface area contributed by atoms with Gasteiger partial charge in [-0.05, 0) is 30.7 Å². The van der Waals surface area contributed by atoms with E-state index in [1.165, 1.54) is 0 Å². The van der Waals surface area contributed by atoms with E-state index >= 15 is 0 Å². The normalized spacial score (nSPS) is 16.4. The first-order chi connectivity index (χ1) is 11.1. The number of piperidine rings is 1. The number of carbonyl (C=O) groups excluding carboxylic acids is 1. The maximum Gasteiger partial charge on any atom is 0.256 e. The van der Waals surface area contributed by atoms with Crippen molar-refractivity contribution >= 4 is 16.8 Å². The van der Waals surface area contributed by atoms with Gasteiger partial charge in [0.15, 0.2) is 0 Å². The van der Waals surface area contributed by atoms with Crippen molar-refractivity contribution in [1.82, 2.24) is 9.47 Å². The third kappa shape index (κ3) is 3.27. The number of fused-ring (bicyclic) bond motifs is 1. The Morgan fingerprint density at radius 3 is 2.61 bits per heavy atom. The molecule has 0 spiro atoms. The van der Waals surface area contributed by atoms with E-state index in [0.29, 0.717) is 11.8 Å². The number of aliphatic hydroxyl groups is 1. The highest BCUT2D eigenvalue weighted by Crippen LogP contribution is 2.25. The molecule has 1 aliphatic rings. The molecule has 1 aromatic heterocycles. The summed E-state index contributed by atoms with van der Waals surface area (Å²) in [7, 11) is 0. The van der Waals surface area contributed by atoms with E-state index in [-0.39, 0.29) is 12.5 Å². The van der Waals surface area contributed by atoms with Crippen molar-refractivity contribution in [3.63, 3.8) is 0 Å². The van der Waals surface area contributed by atoms with Gasteiger partial charge in [-0.15, -0.1) is 0 Å². The van der Waals surface area contributed by atoms with Crippen LogP contribution in [-0.2, 0) is 6.54 Å². The number of carbonyl (C=O) groups is 1. The molecular formula is C19H26N2O2. The van der Waals surface area contributed by atoms with Crippen LogP contribution in [0.2, 0.25) is 0 Å². The first-order valence-corrected chi connectivity index (χ1v) is 8.58. The molecule has 0 unspecified atom stereocenters. The monoisotopic (exact) mass is 314 g/mol. The zero-order chi connectivity index (χ0) is 16.4. The number of aliphatic hydroxyl groups excluding tert-OH is 1. The molecule has 4 heteroatoms. The summed E-state index contributed by atoms with van der Waals surface area (Å²) in [6, 6.07) is 8.16. The van der Waals surface area contributed by atoms with Gasteiger partial charge in [-0.2, -0.15) is 0 Å². The molecule has 0 radical (unpaired) electrons. The quantitative estimate of drug-likeness (QED) is 0.942.